The summed E-state index contributed by atoms with van der Waals surface area (Å²) >= 11 is 12.5. The molecule has 2 unspecified atom stereocenters. The molecule has 2 atom stereocenters. The Labute approximate surface area is 198 Å². The molecule has 3 aromatic rings. The topological polar surface area (TPSA) is 59.0 Å². The van der Waals surface area contributed by atoms with Crippen molar-refractivity contribution in [3.05, 3.63) is 93.0 Å². The molecule has 1 N–H and O–H groups in total. The SMILES string of the molecule is O=C(c1cc2c(cc1F)OC(c1ccc(F)cc1)(c1ccc(Cl)cc1Cl)O2)N1CCC(O)C1. The molecule has 0 radical (unpaired) electrons. The summed E-state index contributed by atoms with van der Waals surface area (Å²) < 4.78 is 40.9. The lowest BCUT2D eigenvalue weighted by Crippen LogP contribution is -2.37. The standard InChI is InChI=1S/C24H17Cl2F2NO4/c25-14-3-6-18(19(26)9-14)24(13-1-4-15(27)5-2-13)32-21-10-17(20(28)11-22(21)33-24)23(31)29-8-7-16(30)12-29/h1-6,9-11,16,30H,7-8,12H2. The number of fused-ring (bicyclic) bond motifs is 1. The lowest BCUT2D eigenvalue weighted by molar-refractivity contribution is -0.0459. The molecule has 1 amide bonds. The smallest absolute Gasteiger partial charge is 0.307 e. The second kappa shape index (κ2) is 8.17. The zero-order chi connectivity index (χ0) is 23.3. The Hall–Kier alpha value is -2.87. The monoisotopic (exact) mass is 491 g/mol. The molecule has 2 heterocycles. The number of aliphatic hydroxyl groups excluding tert-OH is 1. The van der Waals surface area contributed by atoms with Crippen LogP contribution in [0, 0.1) is 11.6 Å². The Balaban J connectivity index is 1.60. The average molecular weight is 492 g/mol. The fraction of sp³-hybridized carbons (Fsp3) is 0.208. The number of rotatable bonds is 3. The lowest BCUT2D eigenvalue weighted by Gasteiger charge is -2.29. The van der Waals surface area contributed by atoms with E-state index >= 15 is 0 Å². The summed E-state index contributed by atoms with van der Waals surface area (Å²) in [5.41, 5.74) is 0.566. The third-order valence-corrected chi connectivity index (χ3v) is 6.28. The number of halogens is 4. The van der Waals surface area contributed by atoms with Crippen LogP contribution >= 0.6 is 23.2 Å². The highest BCUT2D eigenvalue weighted by atomic mass is 35.5. The van der Waals surface area contributed by atoms with E-state index in [0.717, 1.165) is 6.07 Å². The Morgan fingerprint density at radius 2 is 1.73 bits per heavy atom. The van der Waals surface area contributed by atoms with E-state index < -0.39 is 29.4 Å². The van der Waals surface area contributed by atoms with Crippen molar-refractivity contribution < 1.29 is 28.2 Å². The van der Waals surface area contributed by atoms with E-state index in [9.17, 15) is 18.7 Å². The molecule has 0 saturated carbocycles. The van der Waals surface area contributed by atoms with Gasteiger partial charge in [0.1, 0.15) is 11.6 Å². The van der Waals surface area contributed by atoms with Crippen LogP contribution in [0.2, 0.25) is 10.0 Å². The predicted molar refractivity (Wildman–Crippen MR) is 118 cm³/mol. The summed E-state index contributed by atoms with van der Waals surface area (Å²) in [6.07, 6.45) is -0.204. The first-order valence-corrected chi connectivity index (χ1v) is 10.9. The van der Waals surface area contributed by atoms with E-state index in [1.807, 2.05) is 0 Å². The zero-order valence-electron chi connectivity index (χ0n) is 17.0. The molecule has 33 heavy (non-hydrogen) atoms. The number of carbonyl (C=O) groups excluding carboxylic acids is 1. The van der Waals surface area contributed by atoms with Crippen LogP contribution in [0.25, 0.3) is 0 Å². The van der Waals surface area contributed by atoms with Crippen LogP contribution in [-0.2, 0) is 5.79 Å². The molecule has 170 valence electrons. The predicted octanol–water partition coefficient (Wildman–Crippen LogP) is 5.15. The van der Waals surface area contributed by atoms with Crippen molar-refractivity contribution in [1.29, 1.82) is 0 Å². The normalized spacial score (nSPS) is 21.5. The van der Waals surface area contributed by atoms with Gasteiger partial charge in [-0.05, 0) is 55.0 Å². The van der Waals surface area contributed by atoms with Crippen LogP contribution in [0.15, 0.2) is 54.6 Å². The van der Waals surface area contributed by atoms with Gasteiger partial charge >= 0.3 is 5.79 Å². The Morgan fingerprint density at radius 3 is 2.36 bits per heavy atom. The maximum Gasteiger partial charge on any atom is 0.307 e. The van der Waals surface area contributed by atoms with Gasteiger partial charge in [0.25, 0.3) is 5.91 Å². The third kappa shape index (κ3) is 3.80. The summed E-state index contributed by atoms with van der Waals surface area (Å²) in [7, 11) is 0. The molecule has 5 nitrogen and oxygen atoms in total. The summed E-state index contributed by atoms with van der Waals surface area (Å²) in [5.74, 6) is -3.29. The van der Waals surface area contributed by atoms with Crippen LogP contribution in [0.3, 0.4) is 0 Å². The highest BCUT2D eigenvalue weighted by Crippen LogP contribution is 2.50. The van der Waals surface area contributed by atoms with Gasteiger partial charge in [-0.2, -0.15) is 0 Å². The Bertz CT molecular complexity index is 1250. The maximum atomic E-state index is 14.9. The summed E-state index contributed by atoms with van der Waals surface area (Å²) in [6, 6.07) is 12.5. The van der Waals surface area contributed by atoms with Gasteiger partial charge in [-0.3, -0.25) is 4.79 Å². The minimum absolute atomic E-state index is 0.0563. The Kier molecular flexibility index (Phi) is 5.43. The highest BCUT2D eigenvalue weighted by Gasteiger charge is 2.47. The largest absolute Gasteiger partial charge is 0.440 e. The molecule has 1 fully saturated rings. The highest BCUT2D eigenvalue weighted by molar-refractivity contribution is 6.35. The van der Waals surface area contributed by atoms with Gasteiger partial charge in [0, 0.05) is 29.7 Å². The first-order chi connectivity index (χ1) is 15.8. The number of hydrogen-bond acceptors (Lipinski definition) is 4. The van der Waals surface area contributed by atoms with Crippen LogP contribution in [-0.4, -0.2) is 35.1 Å². The fourth-order valence-corrected chi connectivity index (χ4v) is 4.63. The zero-order valence-corrected chi connectivity index (χ0v) is 18.5. The van der Waals surface area contributed by atoms with E-state index in [0.29, 0.717) is 29.1 Å². The maximum absolute atomic E-state index is 14.9. The fourth-order valence-electron chi connectivity index (χ4n) is 4.09. The quantitative estimate of drug-likeness (QED) is 0.550. The number of carbonyl (C=O) groups is 1. The van der Waals surface area contributed by atoms with Crippen LogP contribution in [0.5, 0.6) is 11.5 Å². The molecule has 5 rings (SSSR count). The Morgan fingerprint density at radius 1 is 1.03 bits per heavy atom. The number of hydrogen-bond donors (Lipinski definition) is 1. The van der Waals surface area contributed by atoms with Gasteiger partial charge in [-0.1, -0.05) is 23.2 Å². The number of benzene rings is 3. The molecule has 0 aromatic heterocycles. The second-order valence-corrected chi connectivity index (χ2v) is 8.77. The molecular formula is C24H17Cl2F2NO4. The van der Waals surface area contributed by atoms with E-state index in [1.165, 1.54) is 41.3 Å². The number of likely N-dealkylation sites (tertiary alicyclic amines) is 1. The minimum Gasteiger partial charge on any atom is -0.440 e. The molecule has 2 aliphatic heterocycles. The molecule has 9 heteroatoms. The first kappa shape index (κ1) is 21.9. The van der Waals surface area contributed by atoms with Gasteiger partial charge in [-0.15, -0.1) is 0 Å². The number of aliphatic hydroxyl groups is 1. The van der Waals surface area contributed by atoms with E-state index in [2.05, 4.69) is 0 Å². The molecule has 0 bridgehead atoms. The summed E-state index contributed by atoms with van der Waals surface area (Å²) in [6.45, 7) is 0.459. The van der Waals surface area contributed by atoms with Gasteiger partial charge in [0.05, 0.1) is 22.3 Å². The number of ether oxygens (including phenoxy) is 2. The van der Waals surface area contributed by atoms with Crippen LogP contribution < -0.4 is 9.47 Å². The van der Waals surface area contributed by atoms with Crippen LogP contribution in [0.1, 0.15) is 27.9 Å². The summed E-state index contributed by atoms with van der Waals surface area (Å²) in [5, 5.41) is 10.3. The van der Waals surface area contributed by atoms with Gasteiger partial charge in [0.15, 0.2) is 11.5 Å². The molecule has 1 saturated heterocycles. The van der Waals surface area contributed by atoms with Gasteiger partial charge in [0.2, 0.25) is 0 Å². The van der Waals surface area contributed by atoms with Crippen LogP contribution in [0.4, 0.5) is 8.78 Å². The van der Waals surface area contributed by atoms with Crippen molar-refractivity contribution in [1.82, 2.24) is 4.90 Å². The molecule has 3 aromatic carbocycles. The van der Waals surface area contributed by atoms with Gasteiger partial charge < -0.3 is 19.5 Å². The van der Waals surface area contributed by atoms with E-state index in [4.69, 9.17) is 32.7 Å². The number of amides is 1. The molecular weight excluding hydrogens is 475 g/mol. The van der Waals surface area contributed by atoms with Gasteiger partial charge in [-0.25, -0.2) is 8.78 Å². The van der Waals surface area contributed by atoms with Crippen molar-refractivity contribution in [2.24, 2.45) is 0 Å². The van der Waals surface area contributed by atoms with E-state index in [1.54, 1.807) is 12.1 Å². The summed E-state index contributed by atoms with van der Waals surface area (Å²) in [4.78, 5) is 14.2. The lowest BCUT2D eigenvalue weighted by atomic mass is 9.97. The molecule has 0 aliphatic carbocycles. The average Bonchev–Trinajstić information content (AvgIpc) is 3.37. The first-order valence-electron chi connectivity index (χ1n) is 10.2. The molecule has 0 spiro atoms. The van der Waals surface area contributed by atoms with Crippen molar-refractivity contribution >= 4 is 29.1 Å². The third-order valence-electron chi connectivity index (χ3n) is 5.73. The van der Waals surface area contributed by atoms with E-state index in [-0.39, 0.29) is 28.6 Å². The van der Waals surface area contributed by atoms with Crippen molar-refractivity contribution in [3.63, 3.8) is 0 Å². The van der Waals surface area contributed by atoms with Crippen molar-refractivity contribution in [3.8, 4) is 11.5 Å². The second-order valence-electron chi connectivity index (χ2n) is 7.92. The number of nitrogens with zero attached hydrogens (tertiary/aromatic N) is 1. The minimum atomic E-state index is -1.66. The number of β-amino-alcohol motifs (C(OH)–C–C–N with tert-alkyl or cyclic N) is 1. The van der Waals surface area contributed by atoms with Crippen molar-refractivity contribution in [2.75, 3.05) is 13.1 Å². The molecule has 2 aliphatic rings. The van der Waals surface area contributed by atoms with Crippen molar-refractivity contribution in [2.45, 2.75) is 18.3 Å².